The smallest absolute Gasteiger partial charge is 1.00 e. The van der Waals surface area contributed by atoms with Crippen molar-refractivity contribution in [1.82, 2.24) is 0 Å². The van der Waals surface area contributed by atoms with Crippen molar-refractivity contribution < 1.29 is 42.5 Å². The molecule has 0 atom stereocenters. The maximum atomic E-state index is 11.2. The van der Waals surface area contributed by atoms with Gasteiger partial charge in [-0.2, -0.15) is 0 Å². The molecule has 2 rings (SSSR count). The van der Waals surface area contributed by atoms with E-state index in [1.54, 1.807) is 5.78 Å². The van der Waals surface area contributed by atoms with Gasteiger partial charge < -0.3 is 9.41 Å². The molecule has 108 valence electrons. The van der Waals surface area contributed by atoms with Gasteiger partial charge in [-0.1, -0.05) is 0 Å². The Morgan fingerprint density at radius 2 is 1.00 bits per heavy atom. The molecule has 0 aliphatic carbocycles. The van der Waals surface area contributed by atoms with E-state index < -0.39 is 23.5 Å². The summed E-state index contributed by atoms with van der Waals surface area (Å²) >= 11 is -1.79. The summed E-state index contributed by atoms with van der Waals surface area (Å²) in [6.45, 7) is 0. The fraction of sp³-hybridized carbons (Fsp3) is 0. The Morgan fingerprint density at radius 3 is 1.29 bits per heavy atom. The van der Waals surface area contributed by atoms with Crippen molar-refractivity contribution in [3.8, 4) is 0 Å². The zero-order valence-electron chi connectivity index (χ0n) is 10.9. The second kappa shape index (κ2) is 9.93. The van der Waals surface area contributed by atoms with Gasteiger partial charge in [0.1, 0.15) is 0 Å². The molecule has 0 saturated carbocycles. The van der Waals surface area contributed by atoms with Crippen LogP contribution in [0.2, 0.25) is 0 Å². The van der Waals surface area contributed by atoms with Crippen LogP contribution in [0.5, 0.6) is 0 Å². The average molecular weight is 457 g/mol. The summed E-state index contributed by atoms with van der Waals surface area (Å²) < 4.78 is 3.34. The van der Waals surface area contributed by atoms with Gasteiger partial charge in [-0.25, -0.2) is 0 Å². The van der Waals surface area contributed by atoms with E-state index in [1.165, 1.54) is 0 Å². The molecule has 2 amide bonds. The first-order valence-corrected chi connectivity index (χ1v) is 8.92. The summed E-state index contributed by atoms with van der Waals surface area (Å²) in [4.78, 5) is 22.4. The van der Waals surface area contributed by atoms with E-state index in [0.717, 1.165) is 24.2 Å². The molecule has 0 aromatic heterocycles. The van der Waals surface area contributed by atoms with Crippen LogP contribution in [0.15, 0.2) is 60.7 Å². The van der Waals surface area contributed by atoms with Gasteiger partial charge in [0.15, 0.2) is 0 Å². The largest absolute Gasteiger partial charge is 1.00 e. The Kier molecular flexibility index (Phi) is 9.03. The second-order valence-electron chi connectivity index (χ2n) is 3.72. The average Bonchev–Trinajstić information content (AvgIpc) is 2.50. The molecule has 0 unspecified atom stereocenters. The third-order valence-electron chi connectivity index (χ3n) is 2.50. The van der Waals surface area contributed by atoms with Crippen LogP contribution < -0.4 is 15.2 Å². The van der Waals surface area contributed by atoms with Crippen LogP contribution in [0, 0.1) is 0 Å². The van der Waals surface area contributed by atoms with Gasteiger partial charge in [-0.05, 0) is 0 Å². The number of carbonyl (C=O) groups excluding carboxylic acids is 2. The molecule has 2 aromatic rings. The SMILES string of the molecule is O=C[N]([Hf+2][N](C=O)c1ccccc1)c1ccccc1.[F-].[F-]. The van der Waals surface area contributed by atoms with Crippen LogP contribution in [0.4, 0.5) is 11.4 Å². The van der Waals surface area contributed by atoms with Crippen molar-refractivity contribution in [2.24, 2.45) is 0 Å². The number of hydrogen-bond acceptors (Lipinski definition) is 2. The second-order valence-corrected chi connectivity index (χ2v) is 7.90. The standard InChI is InChI=1S/2C7H7NO.2FH.Hf/c2*9-6-8-7-4-2-1-3-5-7;;;/h2*1-6H,(H,8,9);2*1H;/q;;;;+4/p-4. The summed E-state index contributed by atoms with van der Waals surface area (Å²) in [5.41, 5.74) is 1.67. The van der Waals surface area contributed by atoms with Gasteiger partial charge in [-0.3, -0.25) is 0 Å². The van der Waals surface area contributed by atoms with Gasteiger partial charge in [0.05, 0.1) is 0 Å². The molecule has 7 heteroatoms. The molecular weight excluding hydrogens is 445 g/mol. The Balaban J connectivity index is 0.00000200. The van der Waals surface area contributed by atoms with Crippen molar-refractivity contribution in [2.45, 2.75) is 0 Å². The molecule has 0 fully saturated rings. The van der Waals surface area contributed by atoms with Crippen LogP contribution >= 0.6 is 0 Å². The molecule has 0 aliphatic heterocycles. The van der Waals surface area contributed by atoms with Crippen LogP contribution in [0.25, 0.3) is 0 Å². The number of carbonyl (C=O) groups is 2. The van der Waals surface area contributed by atoms with E-state index >= 15 is 0 Å². The van der Waals surface area contributed by atoms with Crippen LogP contribution in [-0.2, 0) is 33.1 Å². The molecule has 0 saturated heterocycles. The molecule has 0 radical (unpaired) electrons. The van der Waals surface area contributed by atoms with E-state index in [-0.39, 0.29) is 9.41 Å². The number of nitrogens with zero attached hydrogens (tertiary/aromatic N) is 2. The zero-order chi connectivity index (χ0) is 13.5. The van der Waals surface area contributed by atoms with E-state index in [9.17, 15) is 9.59 Å². The van der Waals surface area contributed by atoms with Gasteiger partial charge >= 0.3 is 124 Å². The Labute approximate surface area is 133 Å². The fourth-order valence-corrected chi connectivity index (χ4v) is 4.65. The van der Waals surface area contributed by atoms with Crippen molar-refractivity contribution >= 4 is 24.2 Å². The first kappa shape index (κ1) is 19.1. The number of rotatable bonds is 6. The monoisotopic (exact) mass is 458 g/mol. The number of benzene rings is 2. The number of anilines is 2. The summed E-state index contributed by atoms with van der Waals surface area (Å²) in [5.74, 6) is 0. The normalized spacial score (nSPS) is 8.38. The van der Waals surface area contributed by atoms with E-state index in [2.05, 4.69) is 0 Å². The molecule has 4 nitrogen and oxygen atoms in total. The molecule has 21 heavy (non-hydrogen) atoms. The van der Waals surface area contributed by atoms with E-state index in [1.807, 2.05) is 60.7 Å². The third-order valence-corrected chi connectivity index (χ3v) is 6.66. The number of para-hydroxylation sites is 2. The van der Waals surface area contributed by atoms with Gasteiger partial charge in [-0.15, -0.1) is 0 Å². The predicted molar refractivity (Wildman–Crippen MR) is 70.0 cm³/mol. The summed E-state index contributed by atoms with van der Waals surface area (Å²) in [7, 11) is 0. The molecule has 0 heterocycles. The Morgan fingerprint density at radius 1 is 0.667 bits per heavy atom. The Hall–Kier alpha value is -1.89. The fourth-order valence-electron chi connectivity index (χ4n) is 1.58. The molecule has 0 N–H and O–H groups in total. The molecular formula is C14H12F2HfN2O2. The van der Waals surface area contributed by atoms with Gasteiger partial charge in [0, 0.05) is 0 Å². The number of amides is 2. The summed E-state index contributed by atoms with van der Waals surface area (Å²) in [6, 6.07) is 18.8. The molecule has 2 aromatic carbocycles. The number of hydrogen-bond donors (Lipinski definition) is 0. The van der Waals surface area contributed by atoms with Gasteiger partial charge in [0.25, 0.3) is 0 Å². The molecule has 0 aliphatic rings. The maximum Gasteiger partial charge on any atom is -1.00 e. The van der Waals surface area contributed by atoms with Crippen LogP contribution in [0.3, 0.4) is 0 Å². The summed E-state index contributed by atoms with van der Waals surface area (Å²) in [6.07, 6.45) is 1.61. The maximum absolute atomic E-state index is 11.2. The van der Waals surface area contributed by atoms with Gasteiger partial charge in [0.2, 0.25) is 0 Å². The predicted octanol–water partition coefficient (Wildman–Crippen LogP) is -3.77. The van der Waals surface area contributed by atoms with Crippen LogP contribution in [0.1, 0.15) is 0 Å². The third kappa shape index (κ3) is 5.18. The minimum absolute atomic E-state index is 0. The molecule has 0 spiro atoms. The first-order chi connectivity index (χ1) is 9.35. The topological polar surface area (TPSA) is 40.6 Å². The van der Waals surface area contributed by atoms with Crippen molar-refractivity contribution in [3.05, 3.63) is 60.7 Å². The van der Waals surface area contributed by atoms with Crippen LogP contribution in [-0.4, -0.2) is 12.8 Å². The Bertz CT molecular complexity index is 494. The zero-order valence-corrected chi connectivity index (χ0v) is 14.5. The van der Waals surface area contributed by atoms with Crippen molar-refractivity contribution in [1.29, 1.82) is 0 Å². The minimum atomic E-state index is -1.79. The molecule has 0 bridgehead atoms. The minimum Gasteiger partial charge on any atom is -1.00 e. The van der Waals surface area contributed by atoms with E-state index in [4.69, 9.17) is 0 Å². The van der Waals surface area contributed by atoms with Crippen molar-refractivity contribution in [3.63, 3.8) is 0 Å². The van der Waals surface area contributed by atoms with E-state index in [0.29, 0.717) is 0 Å². The van der Waals surface area contributed by atoms with Crippen molar-refractivity contribution in [2.75, 3.05) is 5.78 Å². The number of halogens is 2. The quantitative estimate of drug-likeness (QED) is 0.331. The summed E-state index contributed by atoms with van der Waals surface area (Å²) in [5, 5.41) is 0. The first-order valence-electron chi connectivity index (χ1n) is 5.70.